The van der Waals surface area contributed by atoms with Crippen LogP contribution in [0.15, 0.2) is 24.5 Å². The maximum atomic E-state index is 9.24. The van der Waals surface area contributed by atoms with Gasteiger partial charge in [-0.1, -0.05) is 6.07 Å². The minimum absolute atomic E-state index is 0.272. The van der Waals surface area contributed by atoms with E-state index in [4.69, 9.17) is 0 Å². The van der Waals surface area contributed by atoms with Gasteiger partial charge in [-0.15, -0.1) is 0 Å². The molecule has 1 aromatic rings. The molecule has 0 bridgehead atoms. The second kappa shape index (κ2) is 6.98. The normalized spacial score (nSPS) is 22.0. The van der Waals surface area contributed by atoms with Gasteiger partial charge in [0.1, 0.15) is 0 Å². The third-order valence-corrected chi connectivity index (χ3v) is 3.87. The van der Waals surface area contributed by atoms with Gasteiger partial charge in [0.2, 0.25) is 0 Å². The van der Waals surface area contributed by atoms with Crippen LogP contribution in [0.5, 0.6) is 0 Å². The average molecular weight is 263 g/mol. The SMILES string of the molecule is CC(C)N1CCN(Cc2cccnc2)C[C@@H]1CCO. The van der Waals surface area contributed by atoms with E-state index >= 15 is 0 Å². The lowest BCUT2D eigenvalue weighted by atomic mass is 10.1. The summed E-state index contributed by atoms with van der Waals surface area (Å²) in [5.41, 5.74) is 1.27. The molecule has 4 heteroatoms. The first kappa shape index (κ1) is 14.4. The topological polar surface area (TPSA) is 39.6 Å². The van der Waals surface area contributed by atoms with Crippen molar-refractivity contribution in [2.45, 2.75) is 38.9 Å². The van der Waals surface area contributed by atoms with Crippen LogP contribution in [0.25, 0.3) is 0 Å². The van der Waals surface area contributed by atoms with Gasteiger partial charge in [-0.3, -0.25) is 14.8 Å². The molecular weight excluding hydrogens is 238 g/mol. The highest BCUT2D eigenvalue weighted by molar-refractivity contribution is 5.08. The van der Waals surface area contributed by atoms with Gasteiger partial charge in [-0.2, -0.15) is 0 Å². The summed E-state index contributed by atoms with van der Waals surface area (Å²) in [6, 6.07) is 5.14. The molecule has 0 aromatic carbocycles. The predicted molar refractivity (Wildman–Crippen MR) is 76.8 cm³/mol. The molecule has 0 aliphatic carbocycles. The van der Waals surface area contributed by atoms with Crippen LogP contribution in [0, 0.1) is 0 Å². The minimum Gasteiger partial charge on any atom is -0.396 e. The minimum atomic E-state index is 0.272. The molecule has 1 N–H and O–H groups in total. The highest BCUT2D eigenvalue weighted by Crippen LogP contribution is 2.17. The van der Waals surface area contributed by atoms with E-state index in [9.17, 15) is 5.11 Å². The standard InChI is InChI=1S/C15H25N3O/c1-13(2)18-8-7-17(12-15(18)5-9-19)11-14-4-3-6-16-10-14/h3-4,6,10,13,15,19H,5,7-9,11-12H2,1-2H3/t15-/m0/s1. The lowest BCUT2D eigenvalue weighted by Crippen LogP contribution is -2.55. The van der Waals surface area contributed by atoms with Gasteiger partial charge in [-0.05, 0) is 31.9 Å². The van der Waals surface area contributed by atoms with Crippen molar-refractivity contribution in [3.8, 4) is 0 Å². The Bertz CT molecular complexity index is 369. The Morgan fingerprint density at radius 3 is 2.89 bits per heavy atom. The number of aromatic nitrogens is 1. The summed E-state index contributed by atoms with van der Waals surface area (Å²) in [4.78, 5) is 9.15. The van der Waals surface area contributed by atoms with Gasteiger partial charge in [0.25, 0.3) is 0 Å². The van der Waals surface area contributed by atoms with Gasteiger partial charge in [0.05, 0.1) is 0 Å². The van der Waals surface area contributed by atoms with E-state index in [0.29, 0.717) is 12.1 Å². The van der Waals surface area contributed by atoms with Crippen LogP contribution in [0.4, 0.5) is 0 Å². The Kier molecular flexibility index (Phi) is 5.31. The number of hydrogen-bond donors (Lipinski definition) is 1. The van der Waals surface area contributed by atoms with E-state index in [1.165, 1.54) is 5.56 Å². The van der Waals surface area contributed by atoms with Crippen LogP contribution in [0.1, 0.15) is 25.8 Å². The lowest BCUT2D eigenvalue weighted by Gasteiger charge is -2.43. The van der Waals surface area contributed by atoms with Crippen molar-refractivity contribution in [1.82, 2.24) is 14.8 Å². The molecule has 1 aliphatic rings. The predicted octanol–water partition coefficient (Wildman–Crippen LogP) is 1.36. The van der Waals surface area contributed by atoms with Gasteiger partial charge in [0.15, 0.2) is 0 Å². The van der Waals surface area contributed by atoms with Crippen LogP contribution in [0.2, 0.25) is 0 Å². The lowest BCUT2D eigenvalue weighted by molar-refractivity contribution is 0.0349. The quantitative estimate of drug-likeness (QED) is 0.871. The van der Waals surface area contributed by atoms with Crippen molar-refractivity contribution in [2.75, 3.05) is 26.2 Å². The van der Waals surface area contributed by atoms with E-state index in [1.54, 1.807) is 0 Å². The van der Waals surface area contributed by atoms with Crippen LogP contribution in [-0.2, 0) is 6.54 Å². The Morgan fingerprint density at radius 1 is 1.42 bits per heavy atom. The summed E-state index contributed by atoms with van der Waals surface area (Å²) in [6.07, 6.45) is 4.62. The van der Waals surface area contributed by atoms with Crippen molar-refractivity contribution in [2.24, 2.45) is 0 Å². The highest BCUT2D eigenvalue weighted by atomic mass is 16.3. The van der Waals surface area contributed by atoms with E-state index in [-0.39, 0.29) is 6.61 Å². The Morgan fingerprint density at radius 2 is 2.26 bits per heavy atom. The van der Waals surface area contributed by atoms with Crippen LogP contribution in [0.3, 0.4) is 0 Å². The zero-order valence-electron chi connectivity index (χ0n) is 12.0. The third-order valence-electron chi connectivity index (χ3n) is 3.87. The van der Waals surface area contributed by atoms with Crippen molar-refractivity contribution >= 4 is 0 Å². The van der Waals surface area contributed by atoms with Gasteiger partial charge < -0.3 is 5.11 Å². The highest BCUT2D eigenvalue weighted by Gasteiger charge is 2.27. The average Bonchev–Trinajstić information content (AvgIpc) is 2.40. The summed E-state index contributed by atoms with van der Waals surface area (Å²) >= 11 is 0. The molecule has 1 saturated heterocycles. The molecule has 2 heterocycles. The van der Waals surface area contributed by atoms with E-state index in [2.05, 4.69) is 34.7 Å². The second-order valence-corrected chi connectivity index (χ2v) is 5.59. The Hall–Kier alpha value is -0.970. The van der Waals surface area contributed by atoms with Gasteiger partial charge in [-0.25, -0.2) is 0 Å². The molecule has 19 heavy (non-hydrogen) atoms. The monoisotopic (exact) mass is 263 g/mol. The fraction of sp³-hybridized carbons (Fsp3) is 0.667. The number of aliphatic hydroxyl groups excluding tert-OH is 1. The van der Waals surface area contributed by atoms with Crippen molar-refractivity contribution in [3.63, 3.8) is 0 Å². The molecule has 0 saturated carbocycles. The number of pyridine rings is 1. The third kappa shape index (κ3) is 4.00. The summed E-state index contributed by atoms with van der Waals surface area (Å²) in [5.74, 6) is 0. The molecule has 0 spiro atoms. The molecule has 1 aliphatic heterocycles. The van der Waals surface area contributed by atoms with Gasteiger partial charge >= 0.3 is 0 Å². The zero-order valence-corrected chi connectivity index (χ0v) is 12.0. The van der Waals surface area contributed by atoms with Crippen molar-refractivity contribution in [3.05, 3.63) is 30.1 Å². The fourth-order valence-corrected chi connectivity index (χ4v) is 2.91. The number of nitrogens with zero attached hydrogens (tertiary/aromatic N) is 3. The Labute approximate surface area is 116 Å². The summed E-state index contributed by atoms with van der Waals surface area (Å²) in [5, 5.41) is 9.24. The smallest absolute Gasteiger partial charge is 0.0446 e. The molecule has 0 radical (unpaired) electrons. The van der Waals surface area contributed by atoms with E-state index in [1.807, 2.05) is 18.5 Å². The molecule has 0 amide bonds. The van der Waals surface area contributed by atoms with E-state index in [0.717, 1.165) is 32.6 Å². The van der Waals surface area contributed by atoms with Crippen molar-refractivity contribution in [1.29, 1.82) is 0 Å². The molecule has 1 fully saturated rings. The van der Waals surface area contributed by atoms with Crippen LogP contribution < -0.4 is 0 Å². The maximum absolute atomic E-state index is 9.24. The first-order valence-corrected chi connectivity index (χ1v) is 7.18. The molecule has 4 nitrogen and oxygen atoms in total. The van der Waals surface area contributed by atoms with Crippen LogP contribution in [-0.4, -0.2) is 58.2 Å². The summed E-state index contributed by atoms with van der Waals surface area (Å²) in [7, 11) is 0. The molecule has 1 atom stereocenters. The molecular formula is C15H25N3O. The van der Waals surface area contributed by atoms with Gasteiger partial charge in [0, 0.05) is 57.3 Å². The summed E-state index contributed by atoms with van der Waals surface area (Å²) < 4.78 is 0. The number of hydrogen-bond acceptors (Lipinski definition) is 4. The summed E-state index contributed by atoms with van der Waals surface area (Å²) in [6.45, 7) is 8.92. The zero-order chi connectivity index (χ0) is 13.7. The molecule has 0 unspecified atom stereocenters. The fourth-order valence-electron chi connectivity index (χ4n) is 2.91. The number of aliphatic hydroxyl groups is 1. The first-order chi connectivity index (χ1) is 9.20. The maximum Gasteiger partial charge on any atom is 0.0446 e. The largest absolute Gasteiger partial charge is 0.396 e. The Balaban J connectivity index is 1.94. The number of piperazine rings is 1. The number of rotatable bonds is 5. The molecule has 2 rings (SSSR count). The van der Waals surface area contributed by atoms with E-state index < -0.39 is 0 Å². The second-order valence-electron chi connectivity index (χ2n) is 5.59. The first-order valence-electron chi connectivity index (χ1n) is 7.18. The van der Waals surface area contributed by atoms with Crippen molar-refractivity contribution < 1.29 is 5.11 Å². The van der Waals surface area contributed by atoms with Crippen LogP contribution >= 0.6 is 0 Å². The molecule has 106 valence electrons. The molecule has 1 aromatic heterocycles.